The van der Waals surface area contributed by atoms with Gasteiger partial charge in [0.25, 0.3) is 0 Å². The van der Waals surface area contributed by atoms with Crippen LogP contribution in [-0.2, 0) is 9.31 Å². The van der Waals surface area contributed by atoms with Crippen molar-refractivity contribution in [3.8, 4) is 11.1 Å². The minimum Gasteiger partial charge on any atom is -0.456 e. The zero-order valence-electron chi connectivity index (χ0n) is 21.0. The van der Waals surface area contributed by atoms with E-state index >= 15 is 0 Å². The summed E-state index contributed by atoms with van der Waals surface area (Å²) in [6, 6.07) is 32.1. The highest BCUT2D eigenvalue weighted by molar-refractivity contribution is 6.67. The molecule has 5 aromatic carbocycles. The van der Waals surface area contributed by atoms with Crippen LogP contribution in [0.3, 0.4) is 0 Å². The van der Waals surface area contributed by atoms with E-state index in [1.807, 2.05) is 0 Å². The van der Waals surface area contributed by atoms with Gasteiger partial charge in [0.05, 0.1) is 11.2 Å². The van der Waals surface area contributed by atoms with Gasteiger partial charge < -0.3 is 13.7 Å². The second-order valence-electron chi connectivity index (χ2n) is 10.8. The number of benzene rings is 5. The number of furan rings is 1. The molecule has 0 aliphatic carbocycles. The summed E-state index contributed by atoms with van der Waals surface area (Å²) < 4.78 is 19.4. The first kappa shape index (κ1) is 21.7. The van der Waals surface area contributed by atoms with E-state index in [4.69, 9.17) is 13.7 Å². The van der Waals surface area contributed by atoms with Crippen LogP contribution in [0, 0.1) is 0 Å². The van der Waals surface area contributed by atoms with Crippen molar-refractivity contribution in [1.82, 2.24) is 0 Å². The highest BCUT2D eigenvalue weighted by Crippen LogP contribution is 2.39. The first-order valence-electron chi connectivity index (χ1n) is 12.5. The Hall–Kier alpha value is -3.60. The standard InChI is InChI=1S/C32H27BO3/c1-31(2)32(3,4)36-33(35-31)30-24-12-8-7-9-20(24)13-15-25(30)23-14-16-28-26(18-23)27-17-21-10-5-6-11-22(21)19-29(27)34-28/h5-19H,1-4H3. The Morgan fingerprint density at radius 3 is 1.94 bits per heavy atom. The molecule has 4 heteroatoms. The van der Waals surface area contributed by atoms with E-state index < -0.39 is 18.3 Å². The Balaban J connectivity index is 1.47. The summed E-state index contributed by atoms with van der Waals surface area (Å²) in [6.45, 7) is 8.41. The number of rotatable bonds is 2. The van der Waals surface area contributed by atoms with Gasteiger partial charge in [-0.2, -0.15) is 0 Å². The molecule has 0 unspecified atom stereocenters. The maximum absolute atomic E-state index is 6.57. The summed E-state index contributed by atoms with van der Waals surface area (Å²) in [4.78, 5) is 0. The summed E-state index contributed by atoms with van der Waals surface area (Å²) in [5.74, 6) is 0. The van der Waals surface area contributed by atoms with Crippen LogP contribution in [0.25, 0.3) is 54.6 Å². The van der Waals surface area contributed by atoms with E-state index in [2.05, 4.69) is 119 Å². The van der Waals surface area contributed by atoms with Crippen molar-refractivity contribution in [2.24, 2.45) is 0 Å². The molecule has 1 aliphatic rings. The number of hydrogen-bond donors (Lipinski definition) is 0. The number of hydrogen-bond acceptors (Lipinski definition) is 3. The lowest BCUT2D eigenvalue weighted by molar-refractivity contribution is 0.00578. The van der Waals surface area contributed by atoms with E-state index in [1.165, 1.54) is 16.2 Å². The van der Waals surface area contributed by atoms with Gasteiger partial charge in [0, 0.05) is 10.8 Å². The Kier molecular flexibility index (Phi) is 4.49. The average Bonchev–Trinajstić information content (AvgIpc) is 3.32. The van der Waals surface area contributed by atoms with Crippen molar-refractivity contribution in [2.45, 2.75) is 38.9 Å². The molecule has 176 valence electrons. The van der Waals surface area contributed by atoms with Crippen molar-refractivity contribution in [3.05, 3.63) is 91.0 Å². The molecule has 0 spiro atoms. The van der Waals surface area contributed by atoms with Gasteiger partial charge in [0.2, 0.25) is 0 Å². The summed E-state index contributed by atoms with van der Waals surface area (Å²) in [6.07, 6.45) is 0. The summed E-state index contributed by atoms with van der Waals surface area (Å²) >= 11 is 0. The second-order valence-corrected chi connectivity index (χ2v) is 10.8. The monoisotopic (exact) mass is 470 g/mol. The molecule has 1 aliphatic heterocycles. The van der Waals surface area contributed by atoms with E-state index in [1.54, 1.807) is 0 Å². The van der Waals surface area contributed by atoms with Crippen molar-refractivity contribution < 1.29 is 13.7 Å². The van der Waals surface area contributed by atoms with Crippen LogP contribution >= 0.6 is 0 Å². The first-order chi connectivity index (χ1) is 17.3. The molecule has 0 N–H and O–H groups in total. The third-order valence-electron chi connectivity index (χ3n) is 8.11. The molecule has 0 atom stereocenters. The molecule has 1 saturated heterocycles. The topological polar surface area (TPSA) is 31.6 Å². The van der Waals surface area contributed by atoms with Gasteiger partial charge in [-0.25, -0.2) is 0 Å². The van der Waals surface area contributed by atoms with Crippen LogP contribution < -0.4 is 5.46 Å². The van der Waals surface area contributed by atoms with Gasteiger partial charge in [-0.15, -0.1) is 0 Å². The Morgan fingerprint density at radius 1 is 0.556 bits per heavy atom. The largest absolute Gasteiger partial charge is 0.496 e. The third-order valence-corrected chi connectivity index (χ3v) is 8.11. The highest BCUT2D eigenvalue weighted by Gasteiger charge is 2.52. The molecular formula is C32H27BO3. The van der Waals surface area contributed by atoms with Gasteiger partial charge in [0.1, 0.15) is 11.2 Å². The maximum Gasteiger partial charge on any atom is 0.496 e. The lowest BCUT2D eigenvalue weighted by Gasteiger charge is -2.32. The smallest absolute Gasteiger partial charge is 0.456 e. The molecule has 6 aromatic rings. The Bertz CT molecular complexity index is 1800. The minimum absolute atomic E-state index is 0.419. The molecule has 0 radical (unpaired) electrons. The van der Waals surface area contributed by atoms with Gasteiger partial charge in [0.15, 0.2) is 0 Å². The van der Waals surface area contributed by atoms with E-state index in [9.17, 15) is 0 Å². The lowest BCUT2D eigenvalue weighted by atomic mass is 9.71. The molecule has 3 nitrogen and oxygen atoms in total. The van der Waals surface area contributed by atoms with Crippen molar-refractivity contribution in [3.63, 3.8) is 0 Å². The SMILES string of the molecule is CC1(C)OB(c2c(-c3ccc4oc5cc6ccccc6cc5c4c3)ccc3ccccc23)OC1(C)C. The van der Waals surface area contributed by atoms with Crippen LogP contribution in [0.5, 0.6) is 0 Å². The predicted molar refractivity (Wildman–Crippen MR) is 150 cm³/mol. The number of fused-ring (bicyclic) bond motifs is 5. The van der Waals surface area contributed by atoms with Gasteiger partial charge in [-0.05, 0) is 90.1 Å². The predicted octanol–water partition coefficient (Wildman–Crippen LogP) is 7.86. The molecule has 0 amide bonds. The normalized spacial score (nSPS) is 17.1. The van der Waals surface area contributed by atoms with Crippen LogP contribution in [0.2, 0.25) is 0 Å². The van der Waals surface area contributed by atoms with E-state index in [-0.39, 0.29) is 0 Å². The minimum atomic E-state index is -0.461. The first-order valence-corrected chi connectivity index (χ1v) is 12.5. The zero-order chi connectivity index (χ0) is 24.7. The third kappa shape index (κ3) is 3.15. The molecular weight excluding hydrogens is 443 g/mol. The van der Waals surface area contributed by atoms with Crippen molar-refractivity contribution >= 4 is 56.1 Å². The van der Waals surface area contributed by atoms with Crippen LogP contribution in [0.4, 0.5) is 0 Å². The summed E-state index contributed by atoms with van der Waals surface area (Å²) in [5.41, 5.74) is 4.27. The summed E-state index contributed by atoms with van der Waals surface area (Å²) in [5, 5.41) is 6.96. The molecule has 36 heavy (non-hydrogen) atoms. The zero-order valence-corrected chi connectivity index (χ0v) is 21.0. The molecule has 2 heterocycles. The summed E-state index contributed by atoms with van der Waals surface area (Å²) in [7, 11) is -0.461. The fourth-order valence-corrected chi connectivity index (χ4v) is 5.39. The van der Waals surface area contributed by atoms with Crippen molar-refractivity contribution in [2.75, 3.05) is 0 Å². The van der Waals surface area contributed by atoms with E-state index in [0.717, 1.165) is 43.9 Å². The lowest BCUT2D eigenvalue weighted by Crippen LogP contribution is -2.41. The molecule has 0 saturated carbocycles. The fraction of sp³-hybridized carbons (Fsp3) is 0.188. The van der Waals surface area contributed by atoms with Crippen molar-refractivity contribution in [1.29, 1.82) is 0 Å². The maximum atomic E-state index is 6.57. The quantitative estimate of drug-likeness (QED) is 0.242. The van der Waals surface area contributed by atoms with Gasteiger partial charge in [-0.1, -0.05) is 66.7 Å². The Morgan fingerprint density at radius 2 is 1.19 bits per heavy atom. The second kappa shape index (κ2) is 7.46. The van der Waals surface area contributed by atoms with Crippen LogP contribution in [-0.4, -0.2) is 18.3 Å². The molecule has 0 bridgehead atoms. The Labute approximate surface area is 210 Å². The van der Waals surface area contributed by atoms with Gasteiger partial charge >= 0.3 is 7.12 Å². The fourth-order valence-electron chi connectivity index (χ4n) is 5.39. The molecule has 1 fully saturated rings. The molecule has 7 rings (SSSR count). The van der Waals surface area contributed by atoms with Crippen LogP contribution in [0.1, 0.15) is 27.7 Å². The van der Waals surface area contributed by atoms with Crippen LogP contribution in [0.15, 0.2) is 95.4 Å². The van der Waals surface area contributed by atoms with Gasteiger partial charge in [-0.3, -0.25) is 0 Å². The average molecular weight is 470 g/mol. The molecule has 1 aromatic heterocycles. The van der Waals surface area contributed by atoms with E-state index in [0.29, 0.717) is 0 Å². The highest BCUT2D eigenvalue weighted by atomic mass is 16.7.